The molecule has 0 saturated heterocycles. The third-order valence-corrected chi connectivity index (χ3v) is 4.09. The summed E-state index contributed by atoms with van der Waals surface area (Å²) in [7, 11) is 0. The Morgan fingerprint density at radius 2 is 1.78 bits per heavy atom. The van der Waals surface area contributed by atoms with Gasteiger partial charge in [0.05, 0.1) is 0 Å². The van der Waals surface area contributed by atoms with Gasteiger partial charge in [-0.3, -0.25) is 4.79 Å². The predicted molar refractivity (Wildman–Crippen MR) is 104 cm³/mol. The molecule has 1 aromatic heterocycles. The van der Waals surface area contributed by atoms with Gasteiger partial charge in [0.2, 0.25) is 5.95 Å². The summed E-state index contributed by atoms with van der Waals surface area (Å²) in [4.78, 5) is 21.1. The number of anilines is 2. The molecule has 5 nitrogen and oxygen atoms in total. The highest BCUT2D eigenvalue weighted by Crippen LogP contribution is 2.18. The van der Waals surface area contributed by atoms with Crippen LogP contribution in [0.25, 0.3) is 0 Å². The number of benzene rings is 2. The first-order valence-corrected chi connectivity index (χ1v) is 8.72. The van der Waals surface area contributed by atoms with Gasteiger partial charge in [0, 0.05) is 17.9 Å². The van der Waals surface area contributed by atoms with Crippen molar-refractivity contribution in [1.82, 2.24) is 15.3 Å². The molecule has 0 saturated carbocycles. The van der Waals surface area contributed by atoms with Crippen LogP contribution in [0, 0.1) is 19.7 Å². The van der Waals surface area contributed by atoms with E-state index in [2.05, 4.69) is 20.6 Å². The van der Waals surface area contributed by atoms with Gasteiger partial charge in [-0.2, -0.15) is 0 Å². The van der Waals surface area contributed by atoms with Gasteiger partial charge in [0.15, 0.2) is 0 Å². The highest BCUT2D eigenvalue weighted by atomic mass is 19.1. The molecule has 3 rings (SSSR count). The van der Waals surface area contributed by atoms with Gasteiger partial charge >= 0.3 is 0 Å². The number of hydrogen-bond acceptors (Lipinski definition) is 4. The van der Waals surface area contributed by atoms with Crippen molar-refractivity contribution in [3.05, 3.63) is 82.9 Å². The van der Waals surface area contributed by atoms with Crippen LogP contribution in [0.1, 0.15) is 27.3 Å². The minimum Gasteiger partial charge on any atom is -0.350 e. The van der Waals surface area contributed by atoms with Crippen LogP contribution in [-0.4, -0.2) is 22.4 Å². The zero-order valence-electron chi connectivity index (χ0n) is 15.3. The molecule has 0 unspecified atom stereocenters. The fourth-order valence-electron chi connectivity index (χ4n) is 2.64. The van der Waals surface area contributed by atoms with Crippen molar-refractivity contribution in [3.63, 3.8) is 0 Å². The van der Waals surface area contributed by atoms with E-state index in [4.69, 9.17) is 0 Å². The summed E-state index contributed by atoms with van der Waals surface area (Å²) in [5.74, 6) is -0.156. The van der Waals surface area contributed by atoms with E-state index >= 15 is 0 Å². The number of amides is 1. The van der Waals surface area contributed by atoms with Gasteiger partial charge in [-0.25, -0.2) is 14.4 Å². The van der Waals surface area contributed by atoms with Crippen LogP contribution in [0.15, 0.2) is 54.6 Å². The Balaban J connectivity index is 1.65. The number of nitrogens with zero attached hydrogens (tertiary/aromatic N) is 2. The maximum atomic E-state index is 12.9. The third kappa shape index (κ3) is 5.10. The van der Waals surface area contributed by atoms with Crippen molar-refractivity contribution < 1.29 is 9.18 Å². The van der Waals surface area contributed by atoms with Gasteiger partial charge in [-0.1, -0.05) is 30.3 Å². The van der Waals surface area contributed by atoms with E-state index in [-0.39, 0.29) is 11.7 Å². The molecule has 0 spiro atoms. The summed E-state index contributed by atoms with van der Waals surface area (Å²) in [6.07, 6.45) is 0.615. The smallest absolute Gasteiger partial charge is 0.270 e. The molecule has 0 fully saturated rings. The van der Waals surface area contributed by atoms with Crippen LogP contribution in [0.4, 0.5) is 16.0 Å². The van der Waals surface area contributed by atoms with E-state index in [0.29, 0.717) is 30.3 Å². The van der Waals surface area contributed by atoms with Crippen LogP contribution >= 0.6 is 0 Å². The van der Waals surface area contributed by atoms with Gasteiger partial charge in [0.25, 0.3) is 5.91 Å². The Bertz CT molecular complexity index is 941. The molecule has 3 aromatic rings. The number of aromatic nitrogens is 2. The SMILES string of the molecule is Cc1cc(C(=O)NCCc2ccc(F)cc2)nc(Nc2ccccc2C)n1. The number of carbonyl (C=O) groups excluding carboxylic acids is 1. The summed E-state index contributed by atoms with van der Waals surface area (Å²) in [6, 6.07) is 15.7. The third-order valence-electron chi connectivity index (χ3n) is 4.09. The average molecular weight is 364 g/mol. The molecule has 27 heavy (non-hydrogen) atoms. The molecule has 0 aliphatic carbocycles. The molecular weight excluding hydrogens is 343 g/mol. The first-order chi connectivity index (χ1) is 13.0. The monoisotopic (exact) mass is 364 g/mol. The highest BCUT2D eigenvalue weighted by molar-refractivity contribution is 5.92. The number of halogens is 1. The lowest BCUT2D eigenvalue weighted by Gasteiger charge is -2.10. The molecule has 1 amide bonds. The van der Waals surface area contributed by atoms with E-state index < -0.39 is 0 Å². The maximum absolute atomic E-state index is 12.9. The van der Waals surface area contributed by atoms with E-state index in [0.717, 1.165) is 16.8 Å². The fourth-order valence-corrected chi connectivity index (χ4v) is 2.64. The minimum atomic E-state index is -0.270. The lowest BCUT2D eigenvalue weighted by atomic mass is 10.1. The van der Waals surface area contributed by atoms with Crippen molar-refractivity contribution >= 4 is 17.5 Å². The molecule has 0 radical (unpaired) electrons. The molecule has 0 aliphatic heterocycles. The van der Waals surface area contributed by atoms with E-state index in [1.54, 1.807) is 18.2 Å². The van der Waals surface area contributed by atoms with Gasteiger partial charge in [0.1, 0.15) is 11.5 Å². The first kappa shape index (κ1) is 18.5. The predicted octanol–water partition coefficient (Wildman–Crippen LogP) is 3.95. The minimum absolute atomic E-state index is 0.268. The number of nitrogens with one attached hydrogen (secondary N) is 2. The normalized spacial score (nSPS) is 10.5. The molecule has 6 heteroatoms. The molecule has 1 heterocycles. The van der Waals surface area contributed by atoms with Crippen molar-refractivity contribution in [2.75, 3.05) is 11.9 Å². The second-order valence-corrected chi connectivity index (χ2v) is 6.29. The molecule has 0 bridgehead atoms. The number of rotatable bonds is 6. The summed E-state index contributed by atoms with van der Waals surface area (Å²) in [5.41, 5.74) is 3.92. The molecule has 2 N–H and O–H groups in total. The lowest BCUT2D eigenvalue weighted by Crippen LogP contribution is -2.27. The maximum Gasteiger partial charge on any atom is 0.270 e. The fraction of sp³-hybridized carbons (Fsp3) is 0.190. The summed E-state index contributed by atoms with van der Waals surface area (Å²) in [6.45, 7) is 4.25. The topological polar surface area (TPSA) is 66.9 Å². The van der Waals surface area contributed by atoms with Crippen LogP contribution in [-0.2, 0) is 6.42 Å². The number of hydrogen-bond donors (Lipinski definition) is 2. The van der Waals surface area contributed by atoms with E-state index in [9.17, 15) is 9.18 Å². The second-order valence-electron chi connectivity index (χ2n) is 6.29. The summed E-state index contributed by atoms with van der Waals surface area (Å²) < 4.78 is 12.9. The van der Waals surface area contributed by atoms with Crippen molar-refractivity contribution in [1.29, 1.82) is 0 Å². The lowest BCUT2D eigenvalue weighted by molar-refractivity contribution is 0.0949. The Morgan fingerprint density at radius 3 is 2.52 bits per heavy atom. The number of carbonyl (C=O) groups is 1. The average Bonchev–Trinajstić information content (AvgIpc) is 2.65. The molecule has 0 atom stereocenters. The van der Waals surface area contributed by atoms with E-state index in [1.165, 1.54) is 12.1 Å². The molecule has 138 valence electrons. The Labute approximate surface area is 157 Å². The molecule has 2 aromatic carbocycles. The van der Waals surface area contributed by atoms with Gasteiger partial charge in [-0.05, 0) is 55.7 Å². The van der Waals surface area contributed by atoms with Gasteiger partial charge in [-0.15, -0.1) is 0 Å². The van der Waals surface area contributed by atoms with Crippen molar-refractivity contribution in [2.45, 2.75) is 20.3 Å². The highest BCUT2D eigenvalue weighted by Gasteiger charge is 2.11. The largest absolute Gasteiger partial charge is 0.350 e. The van der Waals surface area contributed by atoms with Crippen molar-refractivity contribution in [2.24, 2.45) is 0 Å². The zero-order chi connectivity index (χ0) is 19.2. The summed E-state index contributed by atoms with van der Waals surface area (Å²) in [5, 5.41) is 6.00. The van der Waals surface area contributed by atoms with E-state index in [1.807, 2.05) is 38.1 Å². The zero-order valence-corrected chi connectivity index (χ0v) is 15.3. The molecular formula is C21H21FN4O. The molecule has 0 aliphatic rings. The Kier molecular flexibility index (Phi) is 5.76. The van der Waals surface area contributed by atoms with Crippen LogP contribution in [0.2, 0.25) is 0 Å². The van der Waals surface area contributed by atoms with Crippen molar-refractivity contribution in [3.8, 4) is 0 Å². The second kappa shape index (κ2) is 8.40. The number of aryl methyl sites for hydroxylation is 2. The van der Waals surface area contributed by atoms with Crippen LogP contribution in [0.3, 0.4) is 0 Å². The Morgan fingerprint density at radius 1 is 1.04 bits per heavy atom. The first-order valence-electron chi connectivity index (χ1n) is 8.72. The van der Waals surface area contributed by atoms with Crippen LogP contribution in [0.5, 0.6) is 0 Å². The quantitative estimate of drug-likeness (QED) is 0.695. The van der Waals surface area contributed by atoms with Crippen LogP contribution < -0.4 is 10.6 Å². The summed E-state index contributed by atoms with van der Waals surface area (Å²) >= 11 is 0. The standard InChI is InChI=1S/C21H21FN4O/c1-14-5-3-4-6-18(14)25-21-24-15(2)13-19(26-21)20(27)23-12-11-16-7-9-17(22)10-8-16/h3-10,13H,11-12H2,1-2H3,(H,23,27)(H,24,25,26). The Hall–Kier alpha value is -3.28. The number of para-hydroxylation sites is 1. The van der Waals surface area contributed by atoms with Gasteiger partial charge < -0.3 is 10.6 Å².